The molecular weight excluding hydrogens is 781 g/mol. The smallest absolute Gasteiger partial charge is 0.222 e. The van der Waals surface area contributed by atoms with Crippen LogP contribution in [0.25, 0.3) is 20.4 Å². The second-order valence-electron chi connectivity index (χ2n) is 15.7. The van der Waals surface area contributed by atoms with E-state index in [1.165, 1.54) is 84.7 Å². The number of anilines is 4. The third kappa shape index (κ3) is 9.78. The topological polar surface area (TPSA) is 94.1 Å². The van der Waals surface area contributed by atoms with E-state index >= 15 is 0 Å². The molecule has 10 rings (SSSR count). The predicted molar refractivity (Wildman–Crippen MR) is 248 cm³/mol. The Balaban J connectivity index is 0.000000154. The molecule has 304 valence electrons. The monoisotopic (exact) mass is 830 g/mol. The normalized spacial score (nSPS) is 16.8. The molecule has 2 aliphatic rings. The van der Waals surface area contributed by atoms with Gasteiger partial charge in [-0.25, -0.2) is 19.9 Å². The first kappa shape index (κ1) is 39.6. The van der Waals surface area contributed by atoms with Crippen LogP contribution in [0.5, 0.6) is 23.3 Å². The van der Waals surface area contributed by atoms with Crippen molar-refractivity contribution in [3.05, 3.63) is 145 Å². The SMILES string of the molecule is CCC1CCC(c2cccnc2Oc2ccc(Nc3nc4ccccc4s3)cc2)CC1.c1cnc(Oc2ccc(Nc3nc4ccccc4s3)cc2)c(C2CCCCC2)c1. The van der Waals surface area contributed by atoms with Gasteiger partial charge in [0.25, 0.3) is 0 Å². The molecule has 4 heterocycles. The van der Waals surface area contributed by atoms with Crippen LogP contribution in [-0.4, -0.2) is 19.9 Å². The van der Waals surface area contributed by atoms with E-state index in [1.807, 2.05) is 109 Å². The van der Waals surface area contributed by atoms with E-state index in [2.05, 4.69) is 61.8 Å². The average molecular weight is 831 g/mol. The molecule has 2 aliphatic carbocycles. The van der Waals surface area contributed by atoms with Crippen molar-refractivity contribution in [3.63, 3.8) is 0 Å². The maximum Gasteiger partial charge on any atom is 0.222 e. The highest BCUT2D eigenvalue weighted by atomic mass is 32.1. The van der Waals surface area contributed by atoms with Crippen molar-refractivity contribution in [1.82, 2.24) is 19.9 Å². The summed E-state index contributed by atoms with van der Waals surface area (Å²) in [5.41, 5.74) is 6.50. The zero-order chi connectivity index (χ0) is 40.5. The summed E-state index contributed by atoms with van der Waals surface area (Å²) < 4.78 is 14.7. The lowest BCUT2D eigenvalue weighted by atomic mass is 9.78. The molecule has 2 N–H and O–H groups in total. The second-order valence-corrected chi connectivity index (χ2v) is 17.8. The number of hydrogen-bond donors (Lipinski definition) is 2. The maximum atomic E-state index is 6.22. The van der Waals surface area contributed by atoms with Crippen LogP contribution in [0.2, 0.25) is 0 Å². The number of nitrogens with zero attached hydrogens (tertiary/aromatic N) is 4. The molecule has 60 heavy (non-hydrogen) atoms. The van der Waals surface area contributed by atoms with E-state index in [0.717, 1.165) is 61.8 Å². The van der Waals surface area contributed by atoms with Gasteiger partial charge >= 0.3 is 0 Å². The molecule has 0 bridgehead atoms. The lowest BCUT2D eigenvalue weighted by molar-refractivity contribution is 0.313. The fraction of sp³-hybridized carbons (Fsp3) is 0.280. The summed E-state index contributed by atoms with van der Waals surface area (Å²) in [5.74, 6) is 5.08. The van der Waals surface area contributed by atoms with E-state index < -0.39 is 0 Å². The Morgan fingerprint density at radius 3 is 1.45 bits per heavy atom. The fourth-order valence-electron chi connectivity index (χ4n) is 8.43. The zero-order valence-corrected chi connectivity index (χ0v) is 35.6. The van der Waals surface area contributed by atoms with Crippen molar-refractivity contribution in [2.75, 3.05) is 10.6 Å². The third-order valence-corrected chi connectivity index (χ3v) is 13.6. The third-order valence-electron chi connectivity index (χ3n) is 11.7. The van der Waals surface area contributed by atoms with E-state index in [1.54, 1.807) is 22.7 Å². The second kappa shape index (κ2) is 19.0. The number of rotatable bonds is 11. The van der Waals surface area contributed by atoms with Crippen LogP contribution in [0, 0.1) is 5.92 Å². The van der Waals surface area contributed by atoms with Crippen molar-refractivity contribution in [2.45, 2.75) is 83.0 Å². The summed E-state index contributed by atoms with van der Waals surface area (Å²) >= 11 is 3.31. The van der Waals surface area contributed by atoms with Crippen LogP contribution in [0.15, 0.2) is 134 Å². The molecule has 2 fully saturated rings. The Morgan fingerprint density at radius 1 is 0.517 bits per heavy atom. The van der Waals surface area contributed by atoms with Crippen LogP contribution in [0.3, 0.4) is 0 Å². The van der Waals surface area contributed by atoms with Gasteiger partial charge in [0.05, 0.1) is 20.4 Å². The largest absolute Gasteiger partial charge is 0.439 e. The summed E-state index contributed by atoms with van der Waals surface area (Å²) in [5, 5.41) is 8.56. The fourth-order valence-corrected chi connectivity index (χ4v) is 10.2. The number of nitrogens with one attached hydrogen (secondary N) is 2. The summed E-state index contributed by atoms with van der Waals surface area (Å²) in [6.07, 6.45) is 16.4. The van der Waals surface area contributed by atoms with Crippen LogP contribution in [-0.2, 0) is 0 Å². The number of thiazole rings is 2. The van der Waals surface area contributed by atoms with Gasteiger partial charge in [-0.3, -0.25) is 0 Å². The molecule has 4 aromatic heterocycles. The molecule has 4 aromatic carbocycles. The molecular formula is C50H50N6O2S2. The molecule has 0 unspecified atom stereocenters. The van der Waals surface area contributed by atoms with Crippen molar-refractivity contribution in [3.8, 4) is 23.3 Å². The lowest BCUT2D eigenvalue weighted by Crippen LogP contribution is -2.13. The van der Waals surface area contributed by atoms with Gasteiger partial charge in [-0.1, -0.05) is 91.7 Å². The van der Waals surface area contributed by atoms with E-state index in [4.69, 9.17) is 9.47 Å². The summed E-state index contributed by atoms with van der Waals surface area (Å²) in [7, 11) is 0. The number of benzene rings is 4. The zero-order valence-electron chi connectivity index (χ0n) is 33.9. The van der Waals surface area contributed by atoms with E-state index in [0.29, 0.717) is 11.8 Å². The minimum atomic E-state index is 0.548. The van der Waals surface area contributed by atoms with E-state index in [-0.39, 0.29) is 0 Å². The van der Waals surface area contributed by atoms with Gasteiger partial charge in [0.15, 0.2) is 10.3 Å². The van der Waals surface area contributed by atoms with Gasteiger partial charge < -0.3 is 20.1 Å². The number of hydrogen-bond acceptors (Lipinski definition) is 10. The quantitative estimate of drug-likeness (QED) is 0.133. The maximum absolute atomic E-state index is 6.22. The van der Waals surface area contributed by atoms with Crippen LogP contribution < -0.4 is 20.1 Å². The number of fused-ring (bicyclic) bond motifs is 2. The van der Waals surface area contributed by atoms with Gasteiger partial charge in [0.1, 0.15) is 11.5 Å². The molecule has 0 aliphatic heterocycles. The lowest BCUT2D eigenvalue weighted by Gasteiger charge is -2.28. The Bertz CT molecular complexity index is 2550. The summed E-state index contributed by atoms with van der Waals surface area (Å²) in [6, 6.07) is 40.8. The van der Waals surface area contributed by atoms with Gasteiger partial charge in [0, 0.05) is 34.9 Å². The molecule has 8 nitrogen and oxygen atoms in total. The van der Waals surface area contributed by atoms with Gasteiger partial charge in [-0.05, 0) is 141 Å². The van der Waals surface area contributed by atoms with Gasteiger partial charge in [-0.2, -0.15) is 0 Å². The van der Waals surface area contributed by atoms with Crippen molar-refractivity contribution in [1.29, 1.82) is 0 Å². The highest BCUT2D eigenvalue weighted by Crippen LogP contribution is 2.41. The molecule has 8 aromatic rings. The highest BCUT2D eigenvalue weighted by molar-refractivity contribution is 7.22. The molecule has 0 spiro atoms. The van der Waals surface area contributed by atoms with Crippen LogP contribution in [0.1, 0.15) is 94.1 Å². The Hall–Kier alpha value is -5.84. The predicted octanol–water partition coefficient (Wildman–Crippen LogP) is 15.2. The standard InChI is InChI=1S/C26H27N3OS.C24H23N3OS/c1-2-18-9-11-19(12-10-18)22-6-5-17-27-25(22)30-21-15-13-20(14-16-21)28-26-29-23-7-3-4-8-24(23)31-26;1-2-7-17(8-3-1)20-9-6-16-25-23(20)28-19-14-12-18(13-15-19)26-24-27-21-10-4-5-11-22(21)29-24/h3-8,13-19H,2,9-12H2,1H3,(H,28,29);4-6,9-17H,1-3,7-8H2,(H,26,27). The van der Waals surface area contributed by atoms with Crippen molar-refractivity contribution < 1.29 is 9.47 Å². The first-order chi connectivity index (χ1) is 29.6. The molecule has 0 amide bonds. The van der Waals surface area contributed by atoms with E-state index in [9.17, 15) is 0 Å². The molecule has 2 saturated carbocycles. The minimum absolute atomic E-state index is 0.548. The van der Waals surface area contributed by atoms with Crippen molar-refractivity contribution in [2.24, 2.45) is 5.92 Å². The van der Waals surface area contributed by atoms with Gasteiger partial charge in [-0.15, -0.1) is 0 Å². The minimum Gasteiger partial charge on any atom is -0.439 e. The first-order valence-electron chi connectivity index (χ1n) is 21.3. The number of pyridine rings is 2. The molecule has 0 saturated heterocycles. The summed E-state index contributed by atoms with van der Waals surface area (Å²) in [6.45, 7) is 2.30. The van der Waals surface area contributed by atoms with Crippen LogP contribution >= 0.6 is 22.7 Å². The average Bonchev–Trinajstić information content (AvgIpc) is 3.92. The Kier molecular flexibility index (Phi) is 12.6. The molecule has 0 atom stereocenters. The molecule has 10 heteroatoms. The highest BCUT2D eigenvalue weighted by Gasteiger charge is 2.25. The number of aromatic nitrogens is 4. The van der Waals surface area contributed by atoms with Crippen molar-refractivity contribution >= 4 is 64.7 Å². The van der Waals surface area contributed by atoms with Crippen LogP contribution in [0.4, 0.5) is 21.6 Å². The summed E-state index contributed by atoms with van der Waals surface area (Å²) in [4.78, 5) is 18.3. The molecule has 0 radical (unpaired) electrons. The first-order valence-corrected chi connectivity index (χ1v) is 23.0. The number of para-hydroxylation sites is 2. The van der Waals surface area contributed by atoms with Gasteiger partial charge in [0.2, 0.25) is 11.8 Å². The number of ether oxygens (including phenoxy) is 2. The Morgan fingerprint density at radius 2 is 0.983 bits per heavy atom. The Labute approximate surface area is 360 Å².